The molecule has 1 amide bonds. The summed E-state index contributed by atoms with van der Waals surface area (Å²) in [5.41, 5.74) is 6.38. The van der Waals surface area contributed by atoms with Crippen molar-refractivity contribution in [2.75, 3.05) is 31.6 Å². The average molecular weight is 485 g/mol. The summed E-state index contributed by atoms with van der Waals surface area (Å²) in [6.45, 7) is 3.99. The minimum absolute atomic E-state index is 0. The van der Waals surface area contributed by atoms with E-state index in [0.717, 1.165) is 10.9 Å². The predicted molar refractivity (Wildman–Crippen MR) is 104 cm³/mol. The van der Waals surface area contributed by atoms with Gasteiger partial charge in [-0.1, -0.05) is 22.0 Å². The van der Waals surface area contributed by atoms with Gasteiger partial charge >= 0.3 is 0 Å². The number of nitrogens with one attached hydrogen (secondary N) is 2. The summed E-state index contributed by atoms with van der Waals surface area (Å²) in [6.07, 6.45) is 0.842. The van der Waals surface area contributed by atoms with E-state index in [2.05, 4.69) is 31.6 Å². The number of amides is 1. The quantitative estimate of drug-likeness (QED) is 0.229. The first-order valence-electron chi connectivity index (χ1n) is 6.78. The number of hydrogen-bond acceptors (Lipinski definition) is 3. The molecule has 8 heteroatoms. The second-order valence-corrected chi connectivity index (χ2v) is 5.15. The van der Waals surface area contributed by atoms with Crippen molar-refractivity contribution in [1.29, 1.82) is 0 Å². The third-order valence-electron chi connectivity index (χ3n) is 2.48. The Labute approximate surface area is 156 Å². The predicted octanol–water partition coefficient (Wildman–Crippen LogP) is 2.34. The molecule has 22 heavy (non-hydrogen) atoms. The zero-order valence-corrected chi connectivity index (χ0v) is 16.4. The lowest BCUT2D eigenvalue weighted by Crippen LogP contribution is -2.34. The smallest absolute Gasteiger partial charge is 0.246 e. The monoisotopic (exact) mass is 484 g/mol. The van der Waals surface area contributed by atoms with Gasteiger partial charge in [0.15, 0.2) is 5.96 Å². The van der Waals surface area contributed by atoms with Crippen molar-refractivity contribution in [2.24, 2.45) is 10.7 Å². The van der Waals surface area contributed by atoms with Gasteiger partial charge in [0, 0.05) is 29.9 Å². The third kappa shape index (κ3) is 9.96. The molecule has 0 fully saturated rings. The molecule has 124 valence electrons. The number of aliphatic imine (C=N–C) groups is 1. The number of hydrogen-bond donors (Lipinski definition) is 3. The molecule has 4 N–H and O–H groups in total. The van der Waals surface area contributed by atoms with E-state index < -0.39 is 0 Å². The first-order valence-corrected chi connectivity index (χ1v) is 7.58. The van der Waals surface area contributed by atoms with E-state index in [-0.39, 0.29) is 42.4 Å². The summed E-state index contributed by atoms with van der Waals surface area (Å²) in [5, 5.41) is 5.67. The van der Waals surface area contributed by atoms with Gasteiger partial charge in [0.2, 0.25) is 5.91 Å². The van der Waals surface area contributed by atoms with Crippen LogP contribution in [0, 0.1) is 0 Å². The zero-order valence-electron chi connectivity index (χ0n) is 12.5. The molecule has 0 saturated carbocycles. The Morgan fingerprint density at radius 2 is 2.23 bits per heavy atom. The van der Waals surface area contributed by atoms with Gasteiger partial charge in [-0.3, -0.25) is 4.79 Å². The number of ether oxygens (including phenoxy) is 1. The standard InChI is InChI=1S/C14H21BrN4O2.HI/c1-2-21-8-4-7-17-14(16)18-10-13(20)19-12-6-3-5-11(15)9-12;/h3,5-6,9H,2,4,7-8,10H2,1H3,(H,19,20)(H3,16,17,18);1H. The number of benzene rings is 1. The van der Waals surface area contributed by atoms with Crippen LogP contribution in [0.5, 0.6) is 0 Å². The van der Waals surface area contributed by atoms with Crippen LogP contribution in [0.3, 0.4) is 0 Å². The molecule has 0 unspecified atom stereocenters. The van der Waals surface area contributed by atoms with Crippen molar-refractivity contribution in [3.63, 3.8) is 0 Å². The number of guanidine groups is 1. The van der Waals surface area contributed by atoms with Gasteiger partial charge in [0.05, 0.1) is 0 Å². The molecule has 0 bridgehead atoms. The number of nitrogens with two attached hydrogens (primary N) is 1. The first kappa shape index (κ1) is 21.1. The van der Waals surface area contributed by atoms with Crippen molar-refractivity contribution in [3.05, 3.63) is 28.7 Å². The van der Waals surface area contributed by atoms with Crippen LogP contribution in [0.1, 0.15) is 13.3 Å². The van der Waals surface area contributed by atoms with Gasteiger partial charge in [-0.15, -0.1) is 24.0 Å². The summed E-state index contributed by atoms with van der Waals surface area (Å²) in [5.74, 6) is 0.0445. The largest absolute Gasteiger partial charge is 0.382 e. The number of nitrogens with zero attached hydrogens (tertiary/aromatic N) is 1. The van der Waals surface area contributed by atoms with E-state index in [1.54, 1.807) is 0 Å². The maximum Gasteiger partial charge on any atom is 0.246 e. The molecule has 1 rings (SSSR count). The second kappa shape index (κ2) is 12.7. The van der Waals surface area contributed by atoms with Gasteiger partial charge < -0.3 is 21.1 Å². The number of anilines is 1. The van der Waals surface area contributed by atoms with Crippen LogP contribution in [0.25, 0.3) is 0 Å². The lowest BCUT2D eigenvalue weighted by molar-refractivity contribution is -0.114. The van der Waals surface area contributed by atoms with Gasteiger partial charge in [0.25, 0.3) is 0 Å². The van der Waals surface area contributed by atoms with Crippen molar-refractivity contribution >= 4 is 57.5 Å². The van der Waals surface area contributed by atoms with Crippen LogP contribution in [0.2, 0.25) is 0 Å². The highest BCUT2D eigenvalue weighted by Gasteiger charge is 2.02. The van der Waals surface area contributed by atoms with Crippen molar-refractivity contribution in [1.82, 2.24) is 5.32 Å². The number of carbonyl (C=O) groups is 1. The van der Waals surface area contributed by atoms with E-state index in [4.69, 9.17) is 10.5 Å². The number of rotatable bonds is 8. The van der Waals surface area contributed by atoms with Gasteiger partial charge in [0.1, 0.15) is 6.54 Å². The minimum atomic E-state index is -0.216. The Bertz CT molecular complexity index is 486. The molecule has 0 aliphatic rings. The minimum Gasteiger partial charge on any atom is -0.382 e. The van der Waals surface area contributed by atoms with E-state index in [9.17, 15) is 4.79 Å². The third-order valence-corrected chi connectivity index (χ3v) is 2.97. The summed E-state index contributed by atoms with van der Waals surface area (Å²) < 4.78 is 6.10. The summed E-state index contributed by atoms with van der Waals surface area (Å²) in [4.78, 5) is 15.7. The molecule has 0 aromatic heterocycles. The topological polar surface area (TPSA) is 88.7 Å². The lowest BCUT2D eigenvalue weighted by Gasteiger charge is -2.06. The van der Waals surface area contributed by atoms with Gasteiger partial charge in [-0.2, -0.15) is 0 Å². The highest BCUT2D eigenvalue weighted by molar-refractivity contribution is 14.0. The van der Waals surface area contributed by atoms with E-state index in [1.165, 1.54) is 0 Å². The van der Waals surface area contributed by atoms with E-state index in [1.807, 2.05) is 31.2 Å². The molecule has 0 heterocycles. The van der Waals surface area contributed by atoms with Crippen LogP contribution in [-0.2, 0) is 9.53 Å². The highest BCUT2D eigenvalue weighted by Crippen LogP contribution is 2.15. The van der Waals surface area contributed by atoms with E-state index in [0.29, 0.717) is 25.4 Å². The second-order valence-electron chi connectivity index (χ2n) is 4.24. The first-order chi connectivity index (χ1) is 10.1. The molecule has 0 atom stereocenters. The Morgan fingerprint density at radius 3 is 2.91 bits per heavy atom. The Morgan fingerprint density at radius 1 is 1.45 bits per heavy atom. The van der Waals surface area contributed by atoms with Gasteiger partial charge in [-0.25, -0.2) is 4.99 Å². The fourth-order valence-corrected chi connectivity index (χ4v) is 1.91. The van der Waals surface area contributed by atoms with Crippen LogP contribution in [0.4, 0.5) is 5.69 Å². The molecular weight excluding hydrogens is 463 g/mol. The van der Waals surface area contributed by atoms with E-state index >= 15 is 0 Å². The van der Waals surface area contributed by atoms with Gasteiger partial charge in [-0.05, 0) is 31.5 Å². The lowest BCUT2D eigenvalue weighted by atomic mass is 10.3. The number of halogens is 2. The summed E-state index contributed by atoms with van der Waals surface area (Å²) >= 11 is 3.34. The SMILES string of the molecule is CCOCCCNC(N)=NCC(=O)Nc1cccc(Br)c1.I. The Kier molecular flexibility index (Phi) is 12.2. The highest BCUT2D eigenvalue weighted by atomic mass is 127. The fourth-order valence-electron chi connectivity index (χ4n) is 1.51. The zero-order chi connectivity index (χ0) is 15.5. The van der Waals surface area contributed by atoms with Crippen molar-refractivity contribution < 1.29 is 9.53 Å². The van der Waals surface area contributed by atoms with Crippen LogP contribution in [0.15, 0.2) is 33.7 Å². The molecule has 0 spiro atoms. The molecule has 0 saturated heterocycles. The summed E-state index contributed by atoms with van der Waals surface area (Å²) in [6, 6.07) is 7.36. The van der Waals surface area contributed by atoms with Crippen molar-refractivity contribution in [2.45, 2.75) is 13.3 Å². The fraction of sp³-hybridized carbons (Fsp3) is 0.429. The van der Waals surface area contributed by atoms with Crippen LogP contribution in [-0.4, -0.2) is 38.2 Å². The Hall–Kier alpha value is -0.870. The molecule has 6 nitrogen and oxygen atoms in total. The van der Waals surface area contributed by atoms with Crippen molar-refractivity contribution in [3.8, 4) is 0 Å². The number of carbonyl (C=O) groups excluding carboxylic acids is 1. The maximum absolute atomic E-state index is 11.7. The molecule has 1 aromatic rings. The van der Waals surface area contributed by atoms with Crippen LogP contribution >= 0.6 is 39.9 Å². The molecule has 0 aliphatic heterocycles. The molecule has 0 radical (unpaired) electrons. The van der Waals surface area contributed by atoms with Crippen LogP contribution < -0.4 is 16.4 Å². The molecule has 0 aliphatic carbocycles. The maximum atomic E-state index is 11.7. The summed E-state index contributed by atoms with van der Waals surface area (Å²) in [7, 11) is 0. The molecular formula is C14H22BrIN4O2. The molecule has 1 aromatic carbocycles. The average Bonchev–Trinajstić information content (AvgIpc) is 2.45. The normalized spacial score (nSPS) is 10.7. The Balaban J connectivity index is 0.00000441.